The van der Waals surface area contributed by atoms with Crippen LogP contribution in [-0.4, -0.2) is 19.3 Å². The Bertz CT molecular complexity index is 319. The van der Waals surface area contributed by atoms with Crippen molar-refractivity contribution in [3.63, 3.8) is 0 Å². The second-order valence-electron chi connectivity index (χ2n) is 3.59. The molecule has 1 aliphatic heterocycles. The van der Waals surface area contributed by atoms with Crippen molar-refractivity contribution in [2.45, 2.75) is 19.4 Å². The third kappa shape index (κ3) is 1.82. The highest BCUT2D eigenvalue weighted by Gasteiger charge is 2.18. The van der Waals surface area contributed by atoms with Gasteiger partial charge in [-0.1, -0.05) is 12.1 Å². The van der Waals surface area contributed by atoms with Gasteiger partial charge in [0.15, 0.2) is 0 Å². The van der Waals surface area contributed by atoms with E-state index in [1.807, 2.05) is 25.1 Å². The molecule has 0 aliphatic carbocycles. The molecule has 0 aromatic heterocycles. The number of benzene rings is 1. The minimum atomic E-state index is 0.166. The molecule has 1 fully saturated rings. The van der Waals surface area contributed by atoms with Crippen molar-refractivity contribution >= 4 is 5.69 Å². The monoisotopic (exact) mass is 193 g/mol. The average molecular weight is 193 g/mol. The highest BCUT2D eigenvalue weighted by atomic mass is 16.5. The third-order valence-corrected chi connectivity index (χ3v) is 2.47. The summed E-state index contributed by atoms with van der Waals surface area (Å²) >= 11 is 0. The summed E-state index contributed by atoms with van der Waals surface area (Å²) in [6.07, 6.45) is 1.12. The maximum atomic E-state index is 5.89. The van der Waals surface area contributed by atoms with Crippen molar-refractivity contribution in [3.8, 4) is 5.75 Å². The Balaban J connectivity index is 2.11. The van der Waals surface area contributed by atoms with Crippen LogP contribution in [-0.2, 0) is 4.74 Å². The fourth-order valence-electron chi connectivity index (χ4n) is 1.54. The molecule has 1 heterocycles. The van der Waals surface area contributed by atoms with Gasteiger partial charge in [-0.3, -0.25) is 0 Å². The lowest BCUT2D eigenvalue weighted by Crippen LogP contribution is -2.16. The maximum Gasteiger partial charge on any atom is 0.143 e. The minimum Gasteiger partial charge on any atom is -0.486 e. The fourth-order valence-corrected chi connectivity index (χ4v) is 1.54. The predicted molar refractivity (Wildman–Crippen MR) is 55.4 cm³/mol. The first kappa shape index (κ1) is 9.34. The SMILES string of the molecule is Cc1cccc(OC2CCOC2)c1N. The maximum absolute atomic E-state index is 5.89. The molecule has 0 amide bonds. The quantitative estimate of drug-likeness (QED) is 0.728. The van der Waals surface area contributed by atoms with E-state index in [0.29, 0.717) is 6.61 Å². The first-order valence-electron chi connectivity index (χ1n) is 4.87. The number of anilines is 1. The van der Waals surface area contributed by atoms with Gasteiger partial charge >= 0.3 is 0 Å². The Hall–Kier alpha value is -1.22. The van der Waals surface area contributed by atoms with Gasteiger partial charge in [0.05, 0.1) is 18.9 Å². The van der Waals surface area contributed by atoms with E-state index in [1.54, 1.807) is 0 Å². The zero-order valence-electron chi connectivity index (χ0n) is 8.32. The van der Waals surface area contributed by atoms with Gasteiger partial charge < -0.3 is 15.2 Å². The summed E-state index contributed by atoms with van der Waals surface area (Å²) in [7, 11) is 0. The Morgan fingerprint density at radius 1 is 1.50 bits per heavy atom. The molecular formula is C11H15NO2. The minimum absolute atomic E-state index is 0.166. The van der Waals surface area contributed by atoms with Crippen LogP contribution in [0, 0.1) is 6.92 Å². The van der Waals surface area contributed by atoms with Crippen LogP contribution in [0.4, 0.5) is 5.69 Å². The van der Waals surface area contributed by atoms with Gasteiger partial charge in [0.2, 0.25) is 0 Å². The van der Waals surface area contributed by atoms with Crippen LogP contribution >= 0.6 is 0 Å². The summed E-state index contributed by atoms with van der Waals surface area (Å²) in [6.45, 7) is 3.44. The van der Waals surface area contributed by atoms with E-state index >= 15 is 0 Å². The zero-order chi connectivity index (χ0) is 9.97. The van der Waals surface area contributed by atoms with E-state index in [1.165, 1.54) is 0 Å². The Labute approximate surface area is 83.8 Å². The second-order valence-corrected chi connectivity index (χ2v) is 3.59. The molecule has 3 nitrogen and oxygen atoms in total. The standard InChI is InChI=1S/C11H15NO2/c1-8-3-2-4-10(11(8)12)14-9-5-6-13-7-9/h2-4,9H,5-7,12H2,1H3. The molecule has 0 radical (unpaired) electrons. The molecule has 2 rings (SSSR count). The van der Waals surface area contributed by atoms with Gasteiger partial charge in [-0.05, 0) is 18.6 Å². The molecule has 1 saturated heterocycles. The highest BCUT2D eigenvalue weighted by molar-refractivity contribution is 5.57. The van der Waals surface area contributed by atoms with Crippen LogP contribution in [0.15, 0.2) is 18.2 Å². The predicted octanol–water partition coefficient (Wildman–Crippen LogP) is 1.74. The fraction of sp³-hybridized carbons (Fsp3) is 0.455. The Morgan fingerprint density at radius 2 is 2.36 bits per heavy atom. The number of para-hydroxylation sites is 1. The van der Waals surface area contributed by atoms with Crippen molar-refractivity contribution in [2.75, 3.05) is 18.9 Å². The summed E-state index contributed by atoms with van der Waals surface area (Å²) in [5.74, 6) is 0.778. The van der Waals surface area contributed by atoms with Gasteiger partial charge in [0.1, 0.15) is 11.9 Å². The summed E-state index contributed by atoms with van der Waals surface area (Å²) in [6, 6.07) is 5.84. The van der Waals surface area contributed by atoms with E-state index in [-0.39, 0.29) is 6.10 Å². The number of hydrogen-bond donors (Lipinski definition) is 1. The molecule has 1 atom stereocenters. The smallest absolute Gasteiger partial charge is 0.143 e. The number of ether oxygens (including phenoxy) is 2. The number of rotatable bonds is 2. The highest BCUT2D eigenvalue weighted by Crippen LogP contribution is 2.26. The topological polar surface area (TPSA) is 44.5 Å². The van der Waals surface area contributed by atoms with E-state index in [2.05, 4.69) is 0 Å². The van der Waals surface area contributed by atoms with Crippen molar-refractivity contribution in [2.24, 2.45) is 0 Å². The molecule has 1 unspecified atom stereocenters. The molecule has 0 spiro atoms. The van der Waals surface area contributed by atoms with Crippen molar-refractivity contribution in [1.82, 2.24) is 0 Å². The molecule has 0 bridgehead atoms. The molecule has 3 heteroatoms. The van der Waals surface area contributed by atoms with Gasteiger partial charge in [-0.15, -0.1) is 0 Å². The van der Waals surface area contributed by atoms with E-state index < -0.39 is 0 Å². The lowest BCUT2D eigenvalue weighted by Gasteiger charge is -2.14. The van der Waals surface area contributed by atoms with Crippen LogP contribution < -0.4 is 10.5 Å². The molecule has 0 saturated carbocycles. The van der Waals surface area contributed by atoms with E-state index in [0.717, 1.165) is 30.0 Å². The second kappa shape index (κ2) is 3.88. The van der Waals surface area contributed by atoms with E-state index in [9.17, 15) is 0 Å². The molecular weight excluding hydrogens is 178 g/mol. The first-order valence-corrected chi connectivity index (χ1v) is 4.87. The Kier molecular flexibility index (Phi) is 2.59. The van der Waals surface area contributed by atoms with Crippen molar-refractivity contribution in [3.05, 3.63) is 23.8 Å². The number of aryl methyl sites for hydroxylation is 1. The van der Waals surface area contributed by atoms with Crippen molar-refractivity contribution in [1.29, 1.82) is 0 Å². The molecule has 14 heavy (non-hydrogen) atoms. The van der Waals surface area contributed by atoms with Crippen LogP contribution in [0.1, 0.15) is 12.0 Å². The van der Waals surface area contributed by atoms with Gasteiger partial charge in [0, 0.05) is 6.42 Å². The van der Waals surface area contributed by atoms with Crippen LogP contribution in [0.25, 0.3) is 0 Å². The summed E-state index contributed by atoms with van der Waals surface area (Å²) in [4.78, 5) is 0. The number of nitrogen functional groups attached to an aromatic ring is 1. The number of nitrogens with two attached hydrogens (primary N) is 1. The summed E-state index contributed by atoms with van der Waals surface area (Å²) in [5, 5.41) is 0. The van der Waals surface area contributed by atoms with E-state index in [4.69, 9.17) is 15.2 Å². The third-order valence-electron chi connectivity index (χ3n) is 2.47. The van der Waals surface area contributed by atoms with Crippen LogP contribution in [0.5, 0.6) is 5.75 Å². The normalized spacial score (nSPS) is 21.1. The molecule has 1 aromatic rings. The van der Waals surface area contributed by atoms with Crippen LogP contribution in [0.2, 0.25) is 0 Å². The van der Waals surface area contributed by atoms with Crippen LogP contribution in [0.3, 0.4) is 0 Å². The number of hydrogen-bond acceptors (Lipinski definition) is 3. The van der Waals surface area contributed by atoms with Gasteiger partial charge in [0.25, 0.3) is 0 Å². The first-order chi connectivity index (χ1) is 6.77. The van der Waals surface area contributed by atoms with Crippen molar-refractivity contribution < 1.29 is 9.47 Å². The lowest BCUT2D eigenvalue weighted by atomic mass is 10.2. The Morgan fingerprint density at radius 3 is 3.07 bits per heavy atom. The summed E-state index contributed by atoms with van der Waals surface area (Å²) < 4.78 is 11.0. The largest absolute Gasteiger partial charge is 0.486 e. The lowest BCUT2D eigenvalue weighted by molar-refractivity contribution is 0.142. The van der Waals surface area contributed by atoms with Gasteiger partial charge in [-0.2, -0.15) is 0 Å². The molecule has 1 aromatic carbocycles. The average Bonchev–Trinajstić information content (AvgIpc) is 2.66. The zero-order valence-corrected chi connectivity index (χ0v) is 8.32. The molecule has 76 valence electrons. The van der Waals surface area contributed by atoms with Gasteiger partial charge in [-0.25, -0.2) is 0 Å². The molecule has 1 aliphatic rings. The summed E-state index contributed by atoms with van der Waals surface area (Å²) in [5.41, 5.74) is 7.69. The molecule has 2 N–H and O–H groups in total.